The summed E-state index contributed by atoms with van der Waals surface area (Å²) in [5.41, 5.74) is 5.43. The second-order valence-electron chi connectivity index (χ2n) is 5.51. The van der Waals surface area contributed by atoms with Gasteiger partial charge in [0.1, 0.15) is 25.3 Å². The van der Waals surface area contributed by atoms with Crippen LogP contribution >= 0.6 is 0 Å². The standard InChI is InChI=1S/C16H12BF2N3/c17-9-1-3-11-8(5-9)6-12-15(11)21-22-16(12)20-14-7-10(18)2-4-13(14)19/h1-5,7H,6,17H2,(H2,20,21,22). The third-order valence-corrected chi connectivity index (χ3v) is 3.94. The van der Waals surface area contributed by atoms with Gasteiger partial charge in [0.2, 0.25) is 0 Å². The lowest BCUT2D eigenvalue weighted by Gasteiger charge is -2.07. The van der Waals surface area contributed by atoms with Crippen molar-refractivity contribution in [3.05, 3.63) is 59.2 Å². The van der Waals surface area contributed by atoms with Gasteiger partial charge in [0.05, 0.1) is 11.4 Å². The molecule has 0 amide bonds. The van der Waals surface area contributed by atoms with E-state index in [2.05, 4.69) is 21.6 Å². The monoisotopic (exact) mass is 295 g/mol. The molecular formula is C16H12BF2N3. The molecule has 108 valence electrons. The molecule has 0 fully saturated rings. The molecule has 22 heavy (non-hydrogen) atoms. The first-order chi connectivity index (χ1) is 10.6. The third-order valence-electron chi connectivity index (χ3n) is 3.94. The molecule has 0 radical (unpaired) electrons. The minimum Gasteiger partial charge on any atom is -0.338 e. The number of hydrogen-bond donors (Lipinski definition) is 2. The molecule has 0 atom stereocenters. The quantitative estimate of drug-likeness (QED) is 0.557. The molecule has 0 saturated heterocycles. The minimum atomic E-state index is -0.504. The highest BCUT2D eigenvalue weighted by Crippen LogP contribution is 2.39. The van der Waals surface area contributed by atoms with Crippen LogP contribution in [0.25, 0.3) is 11.3 Å². The summed E-state index contributed by atoms with van der Waals surface area (Å²) in [7, 11) is 2.05. The summed E-state index contributed by atoms with van der Waals surface area (Å²) in [5.74, 6) is -0.386. The largest absolute Gasteiger partial charge is 0.338 e. The van der Waals surface area contributed by atoms with Crippen LogP contribution in [0.3, 0.4) is 0 Å². The van der Waals surface area contributed by atoms with Crippen LogP contribution in [0.4, 0.5) is 20.3 Å². The lowest BCUT2D eigenvalue weighted by Crippen LogP contribution is -2.02. The Morgan fingerprint density at radius 1 is 1.14 bits per heavy atom. The first-order valence-corrected chi connectivity index (χ1v) is 7.01. The maximum atomic E-state index is 13.8. The average molecular weight is 295 g/mol. The van der Waals surface area contributed by atoms with Crippen LogP contribution in [-0.4, -0.2) is 18.0 Å². The second kappa shape index (κ2) is 4.69. The topological polar surface area (TPSA) is 40.7 Å². The van der Waals surface area contributed by atoms with Gasteiger partial charge in [0, 0.05) is 23.6 Å². The van der Waals surface area contributed by atoms with Gasteiger partial charge in [-0.05, 0) is 17.7 Å². The van der Waals surface area contributed by atoms with Crippen LogP contribution in [0.2, 0.25) is 0 Å². The van der Waals surface area contributed by atoms with Crippen molar-refractivity contribution in [3.8, 4) is 11.3 Å². The van der Waals surface area contributed by atoms with Crippen molar-refractivity contribution in [3.63, 3.8) is 0 Å². The molecule has 0 unspecified atom stereocenters. The first-order valence-electron chi connectivity index (χ1n) is 7.01. The Balaban J connectivity index is 1.73. The zero-order valence-electron chi connectivity index (χ0n) is 11.9. The normalized spacial score (nSPS) is 12.1. The van der Waals surface area contributed by atoms with Crippen molar-refractivity contribution in [2.75, 3.05) is 5.32 Å². The highest BCUT2D eigenvalue weighted by Gasteiger charge is 2.25. The second-order valence-corrected chi connectivity index (χ2v) is 5.51. The number of aromatic amines is 1. The van der Waals surface area contributed by atoms with E-state index < -0.39 is 11.6 Å². The predicted molar refractivity (Wildman–Crippen MR) is 84.6 cm³/mol. The summed E-state index contributed by atoms with van der Waals surface area (Å²) in [6.07, 6.45) is 0.724. The fraction of sp³-hybridized carbons (Fsp3) is 0.0625. The Morgan fingerprint density at radius 2 is 2.00 bits per heavy atom. The summed E-state index contributed by atoms with van der Waals surface area (Å²) in [6, 6.07) is 9.55. The number of hydrogen-bond acceptors (Lipinski definition) is 2. The van der Waals surface area contributed by atoms with E-state index in [9.17, 15) is 8.78 Å². The molecule has 0 spiro atoms. The van der Waals surface area contributed by atoms with Crippen LogP contribution in [0.5, 0.6) is 0 Å². The summed E-state index contributed by atoms with van der Waals surface area (Å²) >= 11 is 0. The lowest BCUT2D eigenvalue weighted by atomic mass is 9.92. The fourth-order valence-electron chi connectivity index (χ4n) is 2.88. The summed E-state index contributed by atoms with van der Waals surface area (Å²) in [5, 5.41) is 10.1. The zero-order valence-corrected chi connectivity index (χ0v) is 11.9. The predicted octanol–water partition coefficient (Wildman–Crippen LogP) is 2.26. The van der Waals surface area contributed by atoms with Crippen molar-refractivity contribution in [2.24, 2.45) is 0 Å². The molecule has 2 N–H and O–H groups in total. The van der Waals surface area contributed by atoms with Crippen molar-refractivity contribution >= 4 is 24.8 Å². The molecule has 0 aliphatic heterocycles. The molecule has 4 rings (SSSR count). The van der Waals surface area contributed by atoms with Crippen LogP contribution in [-0.2, 0) is 6.42 Å². The number of rotatable bonds is 2. The van der Waals surface area contributed by atoms with E-state index in [0.29, 0.717) is 5.82 Å². The molecule has 1 aromatic heterocycles. The molecule has 1 aliphatic carbocycles. The number of fused-ring (bicyclic) bond motifs is 3. The molecule has 0 bridgehead atoms. The first kappa shape index (κ1) is 13.1. The van der Waals surface area contributed by atoms with Crippen molar-refractivity contribution < 1.29 is 8.78 Å². The maximum absolute atomic E-state index is 13.8. The van der Waals surface area contributed by atoms with Crippen LogP contribution in [0.15, 0.2) is 36.4 Å². The molecule has 1 aliphatic rings. The highest BCUT2D eigenvalue weighted by molar-refractivity contribution is 6.32. The molecule has 0 saturated carbocycles. The maximum Gasteiger partial charge on any atom is 0.146 e. The zero-order chi connectivity index (χ0) is 15.3. The van der Waals surface area contributed by atoms with E-state index in [0.717, 1.165) is 41.4 Å². The summed E-state index contributed by atoms with van der Waals surface area (Å²) < 4.78 is 27.0. The number of anilines is 2. The van der Waals surface area contributed by atoms with Gasteiger partial charge < -0.3 is 5.32 Å². The summed E-state index contributed by atoms with van der Waals surface area (Å²) in [6.45, 7) is 0. The molecule has 2 aromatic carbocycles. The molecule has 1 heterocycles. The van der Waals surface area contributed by atoms with Gasteiger partial charge in [-0.15, -0.1) is 0 Å². The van der Waals surface area contributed by atoms with Crippen LogP contribution in [0, 0.1) is 11.6 Å². The molecule has 3 aromatic rings. The number of aromatic nitrogens is 2. The van der Waals surface area contributed by atoms with E-state index in [1.165, 1.54) is 11.0 Å². The van der Waals surface area contributed by atoms with Crippen LogP contribution in [0.1, 0.15) is 11.1 Å². The Labute approximate surface area is 126 Å². The molecule has 3 nitrogen and oxygen atoms in total. The Hall–Kier alpha value is -2.63. The Bertz CT molecular complexity index is 889. The van der Waals surface area contributed by atoms with Crippen molar-refractivity contribution in [1.82, 2.24) is 10.2 Å². The average Bonchev–Trinajstić information content (AvgIpc) is 3.02. The Morgan fingerprint density at radius 3 is 2.86 bits per heavy atom. The molecular weight excluding hydrogens is 283 g/mol. The SMILES string of the molecule is Bc1ccc2c(c1)Cc1c-2n[nH]c1Nc1cc(F)ccc1F. The van der Waals surface area contributed by atoms with Gasteiger partial charge in [-0.25, -0.2) is 8.78 Å². The minimum absolute atomic E-state index is 0.0959. The lowest BCUT2D eigenvalue weighted by molar-refractivity contribution is 0.603. The van der Waals surface area contributed by atoms with Gasteiger partial charge in [-0.1, -0.05) is 23.7 Å². The Kier molecular flexibility index (Phi) is 2.79. The number of nitrogens with one attached hydrogen (secondary N) is 2. The number of benzene rings is 2. The van der Waals surface area contributed by atoms with E-state index in [-0.39, 0.29) is 5.69 Å². The molecule has 6 heteroatoms. The number of halogens is 2. The van der Waals surface area contributed by atoms with E-state index in [1.54, 1.807) is 0 Å². The van der Waals surface area contributed by atoms with E-state index in [1.807, 2.05) is 20.0 Å². The van der Waals surface area contributed by atoms with Gasteiger partial charge in [-0.2, -0.15) is 5.10 Å². The van der Waals surface area contributed by atoms with E-state index >= 15 is 0 Å². The van der Waals surface area contributed by atoms with Gasteiger partial charge in [0.15, 0.2) is 0 Å². The smallest absolute Gasteiger partial charge is 0.146 e. The van der Waals surface area contributed by atoms with Crippen molar-refractivity contribution in [2.45, 2.75) is 6.42 Å². The number of H-pyrrole nitrogens is 1. The number of nitrogens with zero attached hydrogens (tertiary/aromatic N) is 1. The van der Waals surface area contributed by atoms with Crippen LogP contribution < -0.4 is 10.8 Å². The van der Waals surface area contributed by atoms with Gasteiger partial charge in [0.25, 0.3) is 0 Å². The summed E-state index contributed by atoms with van der Waals surface area (Å²) in [4.78, 5) is 0. The highest BCUT2D eigenvalue weighted by atomic mass is 19.1. The third kappa shape index (κ3) is 1.99. The van der Waals surface area contributed by atoms with Gasteiger partial charge >= 0.3 is 0 Å². The van der Waals surface area contributed by atoms with E-state index in [4.69, 9.17) is 0 Å². The van der Waals surface area contributed by atoms with Gasteiger partial charge in [-0.3, -0.25) is 5.10 Å². The fourth-order valence-corrected chi connectivity index (χ4v) is 2.88. The van der Waals surface area contributed by atoms with Crippen molar-refractivity contribution in [1.29, 1.82) is 0 Å².